The number of ether oxygens (including phenoxy) is 1. The van der Waals surface area contributed by atoms with Gasteiger partial charge < -0.3 is 15.4 Å². The number of carbonyl (C=O) groups is 3. The minimum Gasteiger partial charge on any atom is -0.468 e. The van der Waals surface area contributed by atoms with Crippen molar-refractivity contribution < 1.29 is 19.1 Å². The maximum absolute atomic E-state index is 13.7. The van der Waals surface area contributed by atoms with Crippen LogP contribution in [0.4, 0.5) is 26.8 Å². The molecule has 3 heterocycles. The van der Waals surface area contributed by atoms with Crippen LogP contribution in [-0.2, 0) is 11.2 Å². The predicted molar refractivity (Wildman–Crippen MR) is 153 cm³/mol. The number of methoxy groups -OCH3 is 1. The SMILES string of the molecule is CCc1c(-c2ccc(N(C(=N)OC)C(=O)NC)cn2)ccnc1N1CC(C)N(c2cccc(C(=O)NC)c2)C1=O. The van der Waals surface area contributed by atoms with Crippen molar-refractivity contribution in [3.05, 3.63) is 66.0 Å². The van der Waals surface area contributed by atoms with Crippen LogP contribution in [0, 0.1) is 5.41 Å². The van der Waals surface area contributed by atoms with Crippen LogP contribution < -0.4 is 25.3 Å². The second-order valence-electron chi connectivity index (χ2n) is 9.06. The number of hydrogen-bond donors (Lipinski definition) is 3. The van der Waals surface area contributed by atoms with Crippen LogP contribution in [0.1, 0.15) is 29.8 Å². The van der Waals surface area contributed by atoms with Gasteiger partial charge in [0.05, 0.1) is 30.7 Å². The minimum absolute atomic E-state index is 0.160. The maximum atomic E-state index is 13.7. The molecule has 1 saturated heterocycles. The summed E-state index contributed by atoms with van der Waals surface area (Å²) in [5.41, 5.74) is 3.73. The van der Waals surface area contributed by atoms with Gasteiger partial charge in [0.15, 0.2) is 0 Å². The lowest BCUT2D eigenvalue weighted by molar-refractivity contribution is 0.0963. The summed E-state index contributed by atoms with van der Waals surface area (Å²) in [6.45, 7) is 4.36. The topological polar surface area (TPSA) is 144 Å². The molecule has 12 nitrogen and oxygen atoms in total. The fourth-order valence-electron chi connectivity index (χ4n) is 4.74. The van der Waals surface area contributed by atoms with Crippen molar-refractivity contribution in [2.24, 2.45) is 0 Å². The van der Waals surface area contributed by atoms with Crippen LogP contribution in [0.2, 0.25) is 0 Å². The Labute approximate surface area is 232 Å². The van der Waals surface area contributed by atoms with Gasteiger partial charge in [-0.3, -0.25) is 25.0 Å². The molecule has 1 fully saturated rings. The Kier molecular flexibility index (Phi) is 8.27. The first kappa shape index (κ1) is 28.0. The molecular weight excluding hydrogens is 512 g/mol. The Balaban J connectivity index is 1.68. The van der Waals surface area contributed by atoms with Gasteiger partial charge in [-0.1, -0.05) is 13.0 Å². The summed E-state index contributed by atoms with van der Waals surface area (Å²) in [4.78, 5) is 51.7. The summed E-state index contributed by atoms with van der Waals surface area (Å²) in [6.07, 6.45) is 3.72. The molecule has 2 aromatic heterocycles. The van der Waals surface area contributed by atoms with Crippen molar-refractivity contribution in [3.8, 4) is 11.3 Å². The summed E-state index contributed by atoms with van der Waals surface area (Å²) < 4.78 is 4.95. The molecule has 0 aliphatic carbocycles. The minimum atomic E-state index is -0.533. The fourth-order valence-corrected chi connectivity index (χ4v) is 4.74. The summed E-state index contributed by atoms with van der Waals surface area (Å²) in [6, 6.07) is 11.0. The fraction of sp³-hybridized carbons (Fsp3) is 0.286. The van der Waals surface area contributed by atoms with Gasteiger partial charge in [0.1, 0.15) is 5.82 Å². The number of urea groups is 2. The van der Waals surface area contributed by atoms with E-state index >= 15 is 0 Å². The van der Waals surface area contributed by atoms with E-state index in [1.165, 1.54) is 20.4 Å². The first-order valence-corrected chi connectivity index (χ1v) is 12.8. The number of benzene rings is 1. The standard InChI is InChI=1S/C28H32N8O4/c1-6-21-22(23-11-10-20(15-33-23)36(26(29)40-5)27(38)31-4)12-13-32-24(21)34-16-17(2)35(28(34)39)19-9-7-8-18(14-19)25(37)30-3/h7-15,17,29H,6,16H2,1-5H3,(H,30,37)(H,31,38). The summed E-state index contributed by atoms with van der Waals surface area (Å²) in [5, 5.41) is 13.1. The van der Waals surface area contributed by atoms with Crippen molar-refractivity contribution in [1.29, 1.82) is 5.41 Å². The van der Waals surface area contributed by atoms with Crippen LogP contribution >= 0.6 is 0 Å². The van der Waals surface area contributed by atoms with E-state index < -0.39 is 6.03 Å². The molecule has 1 aromatic carbocycles. The Bertz CT molecular complexity index is 1430. The Morgan fingerprint density at radius 3 is 2.55 bits per heavy atom. The van der Waals surface area contributed by atoms with Crippen molar-refractivity contribution in [2.75, 3.05) is 42.4 Å². The third-order valence-corrected chi connectivity index (χ3v) is 6.68. The molecular formula is C28H32N8O4. The number of amidine groups is 1. The van der Waals surface area contributed by atoms with Crippen LogP contribution in [0.5, 0.6) is 0 Å². The summed E-state index contributed by atoms with van der Waals surface area (Å²) >= 11 is 0. The summed E-state index contributed by atoms with van der Waals surface area (Å²) in [5.74, 6) is 0.317. The molecule has 1 aliphatic rings. The van der Waals surface area contributed by atoms with Crippen molar-refractivity contribution in [3.63, 3.8) is 0 Å². The molecule has 12 heteroatoms. The van der Waals surface area contributed by atoms with Gasteiger partial charge >= 0.3 is 12.1 Å². The highest BCUT2D eigenvalue weighted by Crippen LogP contribution is 2.34. The van der Waals surface area contributed by atoms with Gasteiger partial charge in [0.2, 0.25) is 0 Å². The smallest absolute Gasteiger partial charge is 0.330 e. The molecule has 208 valence electrons. The normalized spacial score (nSPS) is 14.6. The van der Waals surface area contributed by atoms with Gasteiger partial charge in [-0.15, -0.1) is 0 Å². The van der Waals surface area contributed by atoms with E-state index in [1.54, 1.807) is 53.4 Å². The van der Waals surface area contributed by atoms with Gasteiger partial charge in [-0.2, -0.15) is 0 Å². The molecule has 4 rings (SSSR count). The average Bonchev–Trinajstić information content (AvgIpc) is 3.29. The number of nitrogens with zero attached hydrogens (tertiary/aromatic N) is 5. The Morgan fingerprint density at radius 1 is 1.15 bits per heavy atom. The van der Waals surface area contributed by atoms with Crippen molar-refractivity contribution >= 4 is 41.2 Å². The number of carbonyl (C=O) groups excluding carboxylic acids is 3. The van der Waals surface area contributed by atoms with E-state index in [1.807, 2.05) is 26.0 Å². The molecule has 1 aliphatic heterocycles. The second-order valence-corrected chi connectivity index (χ2v) is 9.06. The lowest BCUT2D eigenvalue weighted by Crippen LogP contribution is -2.43. The van der Waals surface area contributed by atoms with Crippen LogP contribution in [0.3, 0.4) is 0 Å². The average molecular weight is 545 g/mol. The number of rotatable bonds is 6. The van der Waals surface area contributed by atoms with Crippen LogP contribution in [0.25, 0.3) is 11.3 Å². The molecule has 3 N–H and O–H groups in total. The lowest BCUT2D eigenvalue weighted by Gasteiger charge is -2.23. The van der Waals surface area contributed by atoms with Gasteiger partial charge in [-0.05, 0) is 49.7 Å². The number of amides is 5. The first-order valence-electron chi connectivity index (χ1n) is 12.8. The summed E-state index contributed by atoms with van der Waals surface area (Å²) in [7, 11) is 4.34. The monoisotopic (exact) mass is 544 g/mol. The predicted octanol–water partition coefficient (Wildman–Crippen LogP) is 3.63. The number of aromatic nitrogens is 2. The van der Waals surface area contributed by atoms with E-state index in [-0.39, 0.29) is 24.0 Å². The van der Waals surface area contributed by atoms with E-state index in [9.17, 15) is 14.4 Å². The third-order valence-electron chi connectivity index (χ3n) is 6.68. The molecule has 0 spiro atoms. The molecule has 0 bridgehead atoms. The molecule has 1 atom stereocenters. The first-order chi connectivity index (χ1) is 19.2. The maximum Gasteiger partial charge on any atom is 0.330 e. The van der Waals surface area contributed by atoms with Crippen LogP contribution in [0.15, 0.2) is 54.9 Å². The second kappa shape index (κ2) is 11.8. The third kappa shape index (κ3) is 5.15. The van der Waals surface area contributed by atoms with E-state index in [0.717, 1.165) is 16.0 Å². The van der Waals surface area contributed by atoms with Crippen molar-refractivity contribution in [1.82, 2.24) is 20.6 Å². The van der Waals surface area contributed by atoms with Gasteiger partial charge in [0.25, 0.3) is 11.9 Å². The van der Waals surface area contributed by atoms with E-state index in [4.69, 9.17) is 10.1 Å². The van der Waals surface area contributed by atoms with Gasteiger partial charge in [-0.25, -0.2) is 19.5 Å². The van der Waals surface area contributed by atoms with E-state index in [0.29, 0.717) is 41.4 Å². The highest BCUT2D eigenvalue weighted by molar-refractivity contribution is 6.12. The van der Waals surface area contributed by atoms with Crippen molar-refractivity contribution in [2.45, 2.75) is 26.3 Å². The molecule has 0 radical (unpaired) electrons. The molecule has 5 amide bonds. The largest absolute Gasteiger partial charge is 0.468 e. The number of nitrogens with one attached hydrogen (secondary N) is 3. The highest BCUT2D eigenvalue weighted by atomic mass is 16.5. The zero-order chi connectivity index (χ0) is 29.0. The molecule has 0 saturated carbocycles. The molecule has 3 aromatic rings. The molecule has 40 heavy (non-hydrogen) atoms. The van der Waals surface area contributed by atoms with Gasteiger partial charge in [0, 0.05) is 49.2 Å². The number of anilines is 3. The molecule has 1 unspecified atom stereocenters. The van der Waals surface area contributed by atoms with E-state index in [2.05, 4.69) is 20.6 Å². The van der Waals surface area contributed by atoms with Crippen LogP contribution in [-0.4, -0.2) is 67.8 Å². The zero-order valence-corrected chi connectivity index (χ0v) is 23.1. The zero-order valence-electron chi connectivity index (χ0n) is 23.1. The Hall–Kier alpha value is -5.00. The lowest BCUT2D eigenvalue weighted by atomic mass is 10.0. The number of hydrogen-bond acceptors (Lipinski definition) is 7. The Morgan fingerprint density at radius 2 is 1.93 bits per heavy atom. The quantitative estimate of drug-likeness (QED) is 0.319. The number of pyridine rings is 2. The highest BCUT2D eigenvalue weighted by Gasteiger charge is 2.38.